The zero-order valence-electron chi connectivity index (χ0n) is 26.2. The van der Waals surface area contributed by atoms with Crippen molar-refractivity contribution in [3.8, 4) is 0 Å². The van der Waals surface area contributed by atoms with E-state index in [1.807, 2.05) is 0 Å². The summed E-state index contributed by atoms with van der Waals surface area (Å²) in [6.45, 7) is 4.81. The summed E-state index contributed by atoms with van der Waals surface area (Å²) < 4.78 is 6.88. The molecule has 0 bridgehead atoms. The zero-order valence-corrected chi connectivity index (χ0v) is 26.2. The zero-order chi connectivity index (χ0) is 30.9. The van der Waals surface area contributed by atoms with Crippen molar-refractivity contribution in [3.63, 3.8) is 0 Å². The predicted molar refractivity (Wildman–Crippen MR) is 171 cm³/mol. The van der Waals surface area contributed by atoms with Gasteiger partial charge >= 0.3 is 5.69 Å². The van der Waals surface area contributed by atoms with Gasteiger partial charge in [-0.25, -0.2) is 14.8 Å². The van der Waals surface area contributed by atoms with Gasteiger partial charge in [0.2, 0.25) is 0 Å². The van der Waals surface area contributed by atoms with E-state index in [2.05, 4.69) is 32.5 Å². The minimum atomic E-state index is -1.34. The lowest BCUT2D eigenvalue weighted by Gasteiger charge is -2.17. The number of H-pyrrole nitrogens is 1. The molecule has 0 radical (unpaired) electrons. The van der Waals surface area contributed by atoms with E-state index < -0.39 is 35.8 Å². The van der Waals surface area contributed by atoms with Crippen LogP contribution in [0.15, 0.2) is 28.2 Å². The number of aliphatic hydroxyl groups excluding tert-OH is 2. The Balaban J connectivity index is 1.24. The van der Waals surface area contributed by atoms with Crippen LogP contribution in [0.2, 0.25) is 0 Å². The number of unbranched alkanes of at least 4 members (excludes halogenated alkanes) is 15. The number of anilines is 2. The van der Waals surface area contributed by atoms with Crippen molar-refractivity contribution >= 4 is 11.6 Å². The topological polar surface area (TPSA) is 154 Å². The van der Waals surface area contributed by atoms with Crippen LogP contribution in [0.25, 0.3) is 0 Å². The second-order valence-corrected chi connectivity index (χ2v) is 11.9. The van der Waals surface area contributed by atoms with Crippen LogP contribution in [0.1, 0.15) is 121 Å². The Morgan fingerprint density at radius 3 is 1.93 bits per heavy atom. The molecule has 3 heterocycles. The minimum absolute atomic E-state index is 0.154. The largest absolute Gasteiger partial charge is 0.387 e. The molecule has 2 aromatic heterocycles. The van der Waals surface area contributed by atoms with E-state index in [1.54, 1.807) is 13.0 Å². The number of ether oxygens (including phenoxy) is 1. The van der Waals surface area contributed by atoms with E-state index in [0.29, 0.717) is 17.2 Å². The summed E-state index contributed by atoms with van der Waals surface area (Å²) in [4.78, 5) is 34.6. The quantitative estimate of drug-likeness (QED) is 0.117. The molecule has 11 heteroatoms. The average Bonchev–Trinajstić information content (AvgIpc) is 3.28. The van der Waals surface area contributed by atoms with Gasteiger partial charge in [0.1, 0.15) is 36.3 Å². The van der Waals surface area contributed by atoms with Crippen molar-refractivity contribution in [2.75, 3.05) is 23.7 Å². The molecule has 0 unspecified atom stereocenters. The molecule has 0 spiro atoms. The number of hydrogen-bond donors (Lipinski definition) is 5. The molecule has 0 aromatic carbocycles. The summed E-state index contributed by atoms with van der Waals surface area (Å²) in [5, 5.41) is 27.5. The maximum atomic E-state index is 12.2. The molecule has 1 aliphatic rings. The number of nitrogens with zero attached hydrogens (tertiary/aromatic N) is 3. The highest BCUT2D eigenvalue weighted by atomic mass is 16.6. The third-order valence-corrected chi connectivity index (χ3v) is 8.25. The molecular formula is C32H54N6O5. The molecule has 5 N–H and O–H groups in total. The van der Waals surface area contributed by atoms with Gasteiger partial charge in [-0.15, -0.1) is 0 Å². The van der Waals surface area contributed by atoms with E-state index in [4.69, 9.17) is 4.74 Å². The Labute approximate surface area is 255 Å². The first-order chi connectivity index (χ1) is 20.9. The van der Waals surface area contributed by atoms with Crippen molar-refractivity contribution in [2.24, 2.45) is 0 Å². The van der Waals surface area contributed by atoms with Crippen LogP contribution in [-0.4, -0.2) is 61.1 Å². The highest BCUT2D eigenvalue weighted by Gasteiger charge is 2.44. The van der Waals surface area contributed by atoms with E-state index in [9.17, 15) is 19.8 Å². The number of aryl methyl sites for hydroxylation is 1. The van der Waals surface area contributed by atoms with Gasteiger partial charge in [-0.1, -0.05) is 103 Å². The van der Waals surface area contributed by atoms with Crippen LogP contribution in [0, 0.1) is 6.92 Å². The van der Waals surface area contributed by atoms with Gasteiger partial charge in [-0.3, -0.25) is 14.3 Å². The van der Waals surface area contributed by atoms with Gasteiger partial charge < -0.3 is 25.6 Å². The molecule has 0 saturated carbocycles. The van der Waals surface area contributed by atoms with Crippen molar-refractivity contribution in [1.29, 1.82) is 0 Å². The predicted octanol–water partition coefficient (Wildman–Crippen LogP) is 5.04. The monoisotopic (exact) mass is 602 g/mol. The van der Waals surface area contributed by atoms with Crippen LogP contribution in [0.5, 0.6) is 0 Å². The van der Waals surface area contributed by atoms with E-state index in [1.165, 1.54) is 109 Å². The number of aromatic amines is 1. The minimum Gasteiger partial charge on any atom is -0.387 e. The summed E-state index contributed by atoms with van der Waals surface area (Å²) in [5.41, 5.74) is -0.918. The van der Waals surface area contributed by atoms with Crippen molar-refractivity contribution < 1.29 is 14.9 Å². The fourth-order valence-corrected chi connectivity index (χ4v) is 5.55. The average molecular weight is 603 g/mol. The number of nitrogens with one attached hydrogen (secondary N) is 3. The standard InChI is InChI=1S/C32H54N6O5/c1-3-4-5-6-7-8-9-10-11-12-13-14-15-16-17-18-19-33-26-20-27(36-23-35-26)34-21-25-28(39)29(40)31(43-25)38-22-24(2)30(41)37-32(38)42/h20,22-23,25,28-29,31,39-40H,3-19,21H2,1-2H3,(H,37,41,42)(H2,33,34,35,36)/t25-,28-,29-,31-/m1/s1. The Bertz CT molecular complexity index is 1170. The summed E-state index contributed by atoms with van der Waals surface area (Å²) >= 11 is 0. The first-order valence-electron chi connectivity index (χ1n) is 16.5. The van der Waals surface area contributed by atoms with Gasteiger partial charge in [-0.2, -0.15) is 0 Å². The van der Waals surface area contributed by atoms with Crippen LogP contribution in [-0.2, 0) is 4.74 Å². The molecule has 0 aliphatic carbocycles. The highest BCUT2D eigenvalue weighted by molar-refractivity contribution is 5.46. The molecule has 4 atom stereocenters. The van der Waals surface area contributed by atoms with Crippen LogP contribution in [0.4, 0.5) is 11.6 Å². The van der Waals surface area contributed by atoms with Crippen molar-refractivity contribution in [2.45, 2.75) is 141 Å². The Kier molecular flexibility index (Phi) is 15.8. The Hall–Kier alpha value is -2.76. The lowest BCUT2D eigenvalue weighted by molar-refractivity contribution is -0.0364. The first-order valence-corrected chi connectivity index (χ1v) is 16.5. The molecule has 1 fully saturated rings. The summed E-state index contributed by atoms with van der Waals surface area (Å²) in [5.74, 6) is 1.26. The Morgan fingerprint density at radius 2 is 1.35 bits per heavy atom. The third-order valence-electron chi connectivity index (χ3n) is 8.25. The van der Waals surface area contributed by atoms with E-state index in [-0.39, 0.29) is 6.54 Å². The lowest BCUT2D eigenvalue weighted by Crippen LogP contribution is -2.38. The second kappa shape index (κ2) is 19.5. The number of aliphatic hydroxyl groups is 2. The molecule has 43 heavy (non-hydrogen) atoms. The van der Waals surface area contributed by atoms with E-state index in [0.717, 1.165) is 17.5 Å². The smallest absolute Gasteiger partial charge is 0.330 e. The third kappa shape index (κ3) is 12.0. The highest BCUT2D eigenvalue weighted by Crippen LogP contribution is 2.28. The number of hydrogen-bond acceptors (Lipinski definition) is 9. The molecule has 11 nitrogen and oxygen atoms in total. The van der Waals surface area contributed by atoms with Crippen LogP contribution >= 0.6 is 0 Å². The van der Waals surface area contributed by atoms with Gasteiger partial charge in [0.05, 0.1) is 0 Å². The number of aromatic nitrogens is 4. The van der Waals surface area contributed by atoms with E-state index >= 15 is 0 Å². The van der Waals surface area contributed by atoms with Crippen molar-refractivity contribution in [1.82, 2.24) is 19.5 Å². The van der Waals surface area contributed by atoms with Gasteiger partial charge in [-0.05, 0) is 13.3 Å². The summed E-state index contributed by atoms with van der Waals surface area (Å²) in [6, 6.07) is 1.79. The normalized spacial score (nSPS) is 20.0. The summed E-state index contributed by atoms with van der Waals surface area (Å²) in [7, 11) is 0. The molecule has 242 valence electrons. The first kappa shape index (κ1) is 34.7. The summed E-state index contributed by atoms with van der Waals surface area (Å²) in [6.07, 6.45) is 19.8. The maximum absolute atomic E-state index is 12.2. The molecule has 1 saturated heterocycles. The molecule has 0 amide bonds. The SMILES string of the molecule is CCCCCCCCCCCCCCCCCCNc1cc(NC[C@H]2O[C@@H](n3cc(C)c(=O)[nH]c3=O)[C@H](O)[C@@H]2O)ncn1. The van der Waals surface area contributed by atoms with Gasteiger partial charge in [0.25, 0.3) is 5.56 Å². The molecule has 2 aromatic rings. The van der Waals surface area contributed by atoms with Gasteiger partial charge in [0, 0.05) is 30.9 Å². The number of rotatable bonds is 22. The molecule has 3 rings (SSSR count). The molecule has 1 aliphatic heterocycles. The maximum Gasteiger partial charge on any atom is 0.330 e. The van der Waals surface area contributed by atoms with Crippen LogP contribution < -0.4 is 21.9 Å². The second-order valence-electron chi connectivity index (χ2n) is 11.9. The van der Waals surface area contributed by atoms with Gasteiger partial charge in [0.15, 0.2) is 6.23 Å². The Morgan fingerprint density at radius 1 is 0.814 bits per heavy atom. The fraction of sp³-hybridized carbons (Fsp3) is 0.750. The van der Waals surface area contributed by atoms with Crippen LogP contribution in [0.3, 0.4) is 0 Å². The van der Waals surface area contributed by atoms with Crippen molar-refractivity contribution in [3.05, 3.63) is 45.0 Å². The lowest BCUT2D eigenvalue weighted by atomic mass is 10.0. The fourth-order valence-electron chi connectivity index (χ4n) is 5.55. The molecular weight excluding hydrogens is 548 g/mol.